The lowest BCUT2D eigenvalue weighted by atomic mass is 10.3. The second kappa shape index (κ2) is 6.40. The van der Waals surface area contributed by atoms with E-state index in [9.17, 15) is 0 Å². The molecule has 14 heavy (non-hydrogen) atoms. The number of para-hydroxylation sites is 1. The van der Waals surface area contributed by atoms with E-state index in [1.807, 2.05) is 25.2 Å². The van der Waals surface area contributed by atoms with Gasteiger partial charge in [0.05, 0.1) is 6.61 Å². The van der Waals surface area contributed by atoms with Gasteiger partial charge in [-0.3, -0.25) is 0 Å². The molecule has 0 saturated heterocycles. The molecule has 0 spiro atoms. The summed E-state index contributed by atoms with van der Waals surface area (Å²) in [6.07, 6.45) is 0. The third-order valence-electron chi connectivity index (χ3n) is 2.12. The molecule has 78 valence electrons. The molecular formula is C11H18N2O. The average molecular weight is 194 g/mol. The monoisotopic (exact) mass is 194 g/mol. The Morgan fingerprint density at radius 1 is 1.21 bits per heavy atom. The minimum absolute atomic E-state index is 0.193. The topological polar surface area (TPSA) is 35.5 Å². The molecule has 0 aromatic heterocycles. The van der Waals surface area contributed by atoms with Gasteiger partial charge in [-0.05, 0) is 19.2 Å². The summed E-state index contributed by atoms with van der Waals surface area (Å²) >= 11 is 0. The maximum absolute atomic E-state index is 8.94. The molecule has 1 aromatic carbocycles. The molecule has 0 bridgehead atoms. The normalized spacial score (nSPS) is 10.1. The van der Waals surface area contributed by atoms with Crippen molar-refractivity contribution in [3.63, 3.8) is 0 Å². The van der Waals surface area contributed by atoms with Gasteiger partial charge in [-0.1, -0.05) is 18.2 Å². The standard InChI is InChI=1S/C11H18N2O/c1-12-7-8-13(9-10-14)11-5-3-2-4-6-11/h2-6,12,14H,7-10H2,1H3. The molecule has 0 fully saturated rings. The highest BCUT2D eigenvalue weighted by molar-refractivity contribution is 5.45. The summed E-state index contributed by atoms with van der Waals surface area (Å²) in [5, 5.41) is 12.0. The Kier molecular flexibility index (Phi) is 5.04. The fourth-order valence-electron chi connectivity index (χ4n) is 1.38. The lowest BCUT2D eigenvalue weighted by molar-refractivity contribution is 0.302. The molecule has 3 nitrogen and oxygen atoms in total. The number of rotatable bonds is 6. The molecule has 0 saturated carbocycles. The Hall–Kier alpha value is -1.06. The van der Waals surface area contributed by atoms with E-state index in [0.29, 0.717) is 6.54 Å². The molecule has 0 aliphatic carbocycles. The second-order valence-corrected chi connectivity index (χ2v) is 3.15. The summed E-state index contributed by atoms with van der Waals surface area (Å²) in [5.74, 6) is 0. The van der Waals surface area contributed by atoms with Gasteiger partial charge in [-0.2, -0.15) is 0 Å². The van der Waals surface area contributed by atoms with Gasteiger partial charge in [-0.15, -0.1) is 0 Å². The van der Waals surface area contributed by atoms with Crippen LogP contribution in [-0.4, -0.2) is 38.4 Å². The van der Waals surface area contributed by atoms with Crippen LogP contribution in [0.3, 0.4) is 0 Å². The van der Waals surface area contributed by atoms with Crippen molar-refractivity contribution < 1.29 is 5.11 Å². The van der Waals surface area contributed by atoms with Crippen LogP contribution in [0.4, 0.5) is 5.69 Å². The van der Waals surface area contributed by atoms with Gasteiger partial charge >= 0.3 is 0 Å². The van der Waals surface area contributed by atoms with Crippen molar-refractivity contribution in [3.05, 3.63) is 30.3 Å². The van der Waals surface area contributed by atoms with E-state index >= 15 is 0 Å². The quantitative estimate of drug-likeness (QED) is 0.700. The van der Waals surface area contributed by atoms with Crippen LogP contribution < -0.4 is 10.2 Å². The Bertz CT molecular complexity index is 238. The number of nitrogens with zero attached hydrogens (tertiary/aromatic N) is 1. The van der Waals surface area contributed by atoms with E-state index in [1.54, 1.807) is 0 Å². The maximum atomic E-state index is 8.94. The molecule has 3 heteroatoms. The molecule has 0 amide bonds. The number of anilines is 1. The maximum Gasteiger partial charge on any atom is 0.0606 e. The fraction of sp³-hybridized carbons (Fsp3) is 0.455. The molecule has 0 aliphatic rings. The summed E-state index contributed by atoms with van der Waals surface area (Å²) in [5.41, 5.74) is 1.16. The first-order valence-electron chi connectivity index (χ1n) is 4.94. The van der Waals surface area contributed by atoms with E-state index < -0.39 is 0 Å². The number of aliphatic hydroxyl groups excluding tert-OH is 1. The highest BCUT2D eigenvalue weighted by atomic mass is 16.3. The zero-order valence-electron chi connectivity index (χ0n) is 8.61. The van der Waals surface area contributed by atoms with Gasteiger partial charge in [0.1, 0.15) is 0 Å². The summed E-state index contributed by atoms with van der Waals surface area (Å²) < 4.78 is 0. The fourth-order valence-corrected chi connectivity index (χ4v) is 1.38. The average Bonchev–Trinajstić information content (AvgIpc) is 2.25. The van der Waals surface area contributed by atoms with E-state index in [0.717, 1.165) is 18.8 Å². The number of hydrogen-bond acceptors (Lipinski definition) is 3. The van der Waals surface area contributed by atoms with Crippen LogP contribution in [0.2, 0.25) is 0 Å². The van der Waals surface area contributed by atoms with E-state index in [4.69, 9.17) is 5.11 Å². The smallest absolute Gasteiger partial charge is 0.0606 e. The van der Waals surface area contributed by atoms with Gasteiger partial charge in [0, 0.05) is 25.3 Å². The summed E-state index contributed by atoms with van der Waals surface area (Å²) in [6.45, 7) is 2.72. The molecule has 0 heterocycles. The van der Waals surface area contributed by atoms with Gasteiger partial charge in [0.15, 0.2) is 0 Å². The van der Waals surface area contributed by atoms with E-state index in [-0.39, 0.29) is 6.61 Å². The minimum Gasteiger partial charge on any atom is -0.395 e. The van der Waals surface area contributed by atoms with Gasteiger partial charge in [0.2, 0.25) is 0 Å². The molecule has 0 unspecified atom stereocenters. The van der Waals surface area contributed by atoms with Gasteiger partial charge < -0.3 is 15.3 Å². The third kappa shape index (κ3) is 3.36. The Balaban J connectivity index is 2.58. The minimum atomic E-state index is 0.193. The van der Waals surface area contributed by atoms with Crippen LogP contribution in [-0.2, 0) is 0 Å². The van der Waals surface area contributed by atoms with Crippen molar-refractivity contribution in [2.24, 2.45) is 0 Å². The van der Waals surface area contributed by atoms with Crippen LogP contribution in [0.5, 0.6) is 0 Å². The molecular weight excluding hydrogens is 176 g/mol. The summed E-state index contributed by atoms with van der Waals surface area (Å²) in [7, 11) is 1.93. The Morgan fingerprint density at radius 2 is 1.93 bits per heavy atom. The lowest BCUT2D eigenvalue weighted by Crippen LogP contribution is -2.33. The van der Waals surface area contributed by atoms with Gasteiger partial charge in [0.25, 0.3) is 0 Å². The van der Waals surface area contributed by atoms with Crippen molar-refractivity contribution in [2.45, 2.75) is 0 Å². The van der Waals surface area contributed by atoms with Crippen LogP contribution in [0.15, 0.2) is 30.3 Å². The molecule has 0 radical (unpaired) electrons. The predicted molar refractivity (Wildman–Crippen MR) is 59.7 cm³/mol. The zero-order valence-corrected chi connectivity index (χ0v) is 8.61. The number of aliphatic hydroxyl groups is 1. The number of likely N-dealkylation sites (N-methyl/N-ethyl adjacent to an activating group) is 1. The van der Waals surface area contributed by atoms with Crippen LogP contribution in [0.25, 0.3) is 0 Å². The van der Waals surface area contributed by atoms with Crippen LogP contribution in [0, 0.1) is 0 Å². The summed E-state index contributed by atoms with van der Waals surface area (Å²) in [6, 6.07) is 10.1. The first kappa shape index (κ1) is 11.0. The van der Waals surface area contributed by atoms with Crippen molar-refractivity contribution in [3.8, 4) is 0 Å². The highest BCUT2D eigenvalue weighted by Gasteiger charge is 2.03. The molecule has 0 atom stereocenters. The second-order valence-electron chi connectivity index (χ2n) is 3.15. The molecule has 1 rings (SSSR count). The highest BCUT2D eigenvalue weighted by Crippen LogP contribution is 2.11. The number of nitrogens with one attached hydrogen (secondary N) is 1. The van der Waals surface area contributed by atoms with Crippen molar-refractivity contribution in [2.75, 3.05) is 38.2 Å². The molecule has 0 aliphatic heterocycles. The SMILES string of the molecule is CNCCN(CCO)c1ccccc1. The van der Waals surface area contributed by atoms with Crippen LogP contribution in [0.1, 0.15) is 0 Å². The predicted octanol–water partition coefficient (Wildman–Crippen LogP) is 0.705. The van der Waals surface area contributed by atoms with Gasteiger partial charge in [-0.25, -0.2) is 0 Å². The molecule has 2 N–H and O–H groups in total. The van der Waals surface area contributed by atoms with E-state index in [2.05, 4.69) is 22.3 Å². The van der Waals surface area contributed by atoms with E-state index in [1.165, 1.54) is 0 Å². The zero-order chi connectivity index (χ0) is 10.2. The Labute approximate surface area is 85.4 Å². The van der Waals surface area contributed by atoms with Crippen LogP contribution >= 0.6 is 0 Å². The largest absolute Gasteiger partial charge is 0.395 e. The van der Waals surface area contributed by atoms with Crippen molar-refractivity contribution >= 4 is 5.69 Å². The first-order chi connectivity index (χ1) is 6.88. The Morgan fingerprint density at radius 3 is 2.50 bits per heavy atom. The third-order valence-corrected chi connectivity index (χ3v) is 2.12. The summed E-state index contributed by atoms with van der Waals surface area (Å²) in [4.78, 5) is 2.16. The lowest BCUT2D eigenvalue weighted by Gasteiger charge is -2.23. The first-order valence-corrected chi connectivity index (χ1v) is 4.94. The molecule has 1 aromatic rings. The number of benzene rings is 1. The van der Waals surface area contributed by atoms with Crippen molar-refractivity contribution in [1.82, 2.24) is 5.32 Å². The number of hydrogen-bond donors (Lipinski definition) is 2. The van der Waals surface area contributed by atoms with Crippen molar-refractivity contribution in [1.29, 1.82) is 0 Å².